The minimum Gasteiger partial charge on any atom is -0.497 e. The van der Waals surface area contributed by atoms with E-state index in [1.165, 1.54) is 16.6 Å². The zero-order valence-electron chi connectivity index (χ0n) is 21.6. The quantitative estimate of drug-likeness (QED) is 0.150. The molecule has 1 aliphatic rings. The SMILES string of the molecule is COc1ccc(-n2c(SCC(=O)NN=Cc3ccc(N(C)C)cc3)nc3sc4c(c3c2=O)CCCC4)cc1. The Balaban J connectivity index is 1.38. The summed E-state index contributed by atoms with van der Waals surface area (Å²) in [4.78, 5) is 35.3. The zero-order valence-corrected chi connectivity index (χ0v) is 23.2. The molecule has 0 aliphatic heterocycles. The summed E-state index contributed by atoms with van der Waals surface area (Å²) >= 11 is 2.82. The molecule has 10 heteroatoms. The highest BCUT2D eigenvalue weighted by Gasteiger charge is 2.23. The summed E-state index contributed by atoms with van der Waals surface area (Å²) < 4.78 is 6.90. The Morgan fingerprint density at radius 1 is 1.16 bits per heavy atom. The maximum atomic E-state index is 13.8. The lowest BCUT2D eigenvalue weighted by Crippen LogP contribution is -2.24. The second kappa shape index (κ2) is 11.4. The maximum Gasteiger partial charge on any atom is 0.267 e. The third-order valence-electron chi connectivity index (χ3n) is 6.43. The third kappa shape index (κ3) is 5.46. The van der Waals surface area contributed by atoms with Gasteiger partial charge >= 0.3 is 0 Å². The van der Waals surface area contributed by atoms with Gasteiger partial charge in [-0.15, -0.1) is 11.3 Å². The first kappa shape index (κ1) is 26.0. The largest absolute Gasteiger partial charge is 0.497 e. The van der Waals surface area contributed by atoms with Crippen molar-refractivity contribution >= 4 is 51.1 Å². The second-order valence-electron chi connectivity index (χ2n) is 9.19. The highest BCUT2D eigenvalue weighted by atomic mass is 32.2. The van der Waals surface area contributed by atoms with Crippen molar-refractivity contribution in [2.75, 3.05) is 31.9 Å². The van der Waals surface area contributed by atoms with Crippen molar-refractivity contribution in [2.24, 2.45) is 5.10 Å². The number of aryl methyl sites for hydroxylation is 2. The number of aromatic nitrogens is 2. The number of ether oxygens (including phenoxy) is 1. The zero-order chi connectivity index (χ0) is 26.6. The van der Waals surface area contributed by atoms with Gasteiger partial charge in [0.1, 0.15) is 10.6 Å². The molecular weight excluding hydrogens is 518 g/mol. The van der Waals surface area contributed by atoms with Crippen molar-refractivity contribution in [3.63, 3.8) is 0 Å². The topological polar surface area (TPSA) is 88.8 Å². The third-order valence-corrected chi connectivity index (χ3v) is 8.56. The Morgan fingerprint density at radius 3 is 2.61 bits per heavy atom. The van der Waals surface area contributed by atoms with E-state index in [2.05, 4.69) is 10.5 Å². The first-order valence-corrected chi connectivity index (χ1v) is 14.2. The number of anilines is 1. The molecule has 1 N–H and O–H groups in total. The van der Waals surface area contributed by atoms with Crippen LogP contribution in [0.3, 0.4) is 0 Å². The Labute approximate surface area is 229 Å². The fraction of sp³-hybridized carbons (Fsp3) is 0.286. The van der Waals surface area contributed by atoms with E-state index in [1.54, 1.807) is 29.2 Å². The van der Waals surface area contributed by atoms with Gasteiger partial charge in [-0.3, -0.25) is 14.2 Å². The van der Waals surface area contributed by atoms with E-state index in [1.807, 2.05) is 67.5 Å². The first-order chi connectivity index (χ1) is 18.4. The van der Waals surface area contributed by atoms with Gasteiger partial charge in [0.05, 0.1) is 30.2 Å². The van der Waals surface area contributed by atoms with E-state index < -0.39 is 0 Å². The molecule has 4 aromatic rings. The van der Waals surface area contributed by atoms with Gasteiger partial charge in [0.25, 0.3) is 11.5 Å². The van der Waals surface area contributed by atoms with Crippen LogP contribution in [0, 0.1) is 0 Å². The number of rotatable bonds is 8. The van der Waals surface area contributed by atoms with Gasteiger partial charge in [-0.2, -0.15) is 5.10 Å². The summed E-state index contributed by atoms with van der Waals surface area (Å²) in [7, 11) is 5.57. The molecule has 0 atom stereocenters. The van der Waals surface area contributed by atoms with Gasteiger partial charge < -0.3 is 9.64 Å². The van der Waals surface area contributed by atoms with Crippen LogP contribution in [0.4, 0.5) is 5.69 Å². The number of hydrogen-bond donors (Lipinski definition) is 1. The molecular formula is C28H29N5O3S2. The second-order valence-corrected chi connectivity index (χ2v) is 11.2. The number of nitrogens with zero attached hydrogens (tertiary/aromatic N) is 4. The van der Waals surface area contributed by atoms with Crippen LogP contribution in [0.15, 0.2) is 63.6 Å². The van der Waals surface area contributed by atoms with Gasteiger partial charge in [0.15, 0.2) is 5.16 Å². The highest BCUT2D eigenvalue weighted by molar-refractivity contribution is 7.99. The number of amides is 1. The number of methoxy groups -OCH3 is 1. The van der Waals surface area contributed by atoms with Crippen molar-refractivity contribution in [2.45, 2.75) is 30.8 Å². The molecule has 5 rings (SSSR count). The Bertz CT molecular complexity index is 1540. The maximum absolute atomic E-state index is 13.8. The normalized spacial score (nSPS) is 13.0. The highest BCUT2D eigenvalue weighted by Crippen LogP contribution is 2.35. The Hall–Kier alpha value is -3.63. The first-order valence-electron chi connectivity index (χ1n) is 12.4. The van der Waals surface area contributed by atoms with E-state index in [-0.39, 0.29) is 17.2 Å². The van der Waals surface area contributed by atoms with Gasteiger partial charge in [-0.05, 0) is 73.2 Å². The van der Waals surface area contributed by atoms with Crippen LogP contribution in [-0.2, 0) is 17.6 Å². The number of thiophene rings is 1. The number of carbonyl (C=O) groups is 1. The molecule has 0 spiro atoms. The fourth-order valence-corrected chi connectivity index (χ4v) is 6.55. The number of thioether (sulfide) groups is 1. The van der Waals surface area contributed by atoms with Crippen LogP contribution >= 0.6 is 23.1 Å². The van der Waals surface area contributed by atoms with Crippen molar-refractivity contribution in [1.82, 2.24) is 15.0 Å². The average Bonchev–Trinajstić information content (AvgIpc) is 3.31. The van der Waals surface area contributed by atoms with Crippen molar-refractivity contribution < 1.29 is 9.53 Å². The molecule has 0 radical (unpaired) electrons. The van der Waals surface area contributed by atoms with E-state index in [4.69, 9.17) is 9.72 Å². The fourth-order valence-electron chi connectivity index (χ4n) is 4.44. The molecule has 2 aromatic heterocycles. The van der Waals surface area contributed by atoms with Gasteiger partial charge in [-0.25, -0.2) is 10.4 Å². The summed E-state index contributed by atoms with van der Waals surface area (Å²) in [5.74, 6) is 0.486. The molecule has 0 fully saturated rings. The number of hydrazone groups is 1. The van der Waals surface area contributed by atoms with E-state index in [9.17, 15) is 9.59 Å². The predicted octanol–water partition coefficient (Wildman–Crippen LogP) is 4.64. The molecule has 0 bridgehead atoms. The molecule has 1 aliphatic carbocycles. The lowest BCUT2D eigenvalue weighted by molar-refractivity contribution is -0.118. The molecule has 2 aromatic carbocycles. The molecule has 2 heterocycles. The molecule has 0 saturated carbocycles. The summed E-state index contributed by atoms with van der Waals surface area (Å²) in [5, 5.41) is 5.27. The lowest BCUT2D eigenvalue weighted by atomic mass is 9.97. The average molecular weight is 548 g/mol. The lowest BCUT2D eigenvalue weighted by Gasteiger charge is -2.14. The monoisotopic (exact) mass is 547 g/mol. The number of fused-ring (bicyclic) bond motifs is 3. The minimum absolute atomic E-state index is 0.0656. The van der Waals surface area contributed by atoms with Gasteiger partial charge in [0, 0.05) is 24.7 Å². The molecule has 0 saturated heterocycles. The smallest absolute Gasteiger partial charge is 0.267 e. The van der Waals surface area contributed by atoms with Crippen molar-refractivity contribution in [1.29, 1.82) is 0 Å². The molecule has 38 heavy (non-hydrogen) atoms. The number of hydrogen-bond acceptors (Lipinski definition) is 8. The number of carbonyl (C=O) groups excluding carboxylic acids is 1. The molecule has 0 unspecified atom stereocenters. The Morgan fingerprint density at radius 2 is 1.89 bits per heavy atom. The molecule has 8 nitrogen and oxygen atoms in total. The van der Waals surface area contributed by atoms with Crippen LogP contribution in [0.5, 0.6) is 5.75 Å². The van der Waals surface area contributed by atoms with E-state index >= 15 is 0 Å². The van der Waals surface area contributed by atoms with Crippen molar-refractivity contribution in [3.8, 4) is 11.4 Å². The van der Waals surface area contributed by atoms with Crippen molar-refractivity contribution in [3.05, 3.63) is 74.9 Å². The summed E-state index contributed by atoms with van der Waals surface area (Å²) in [6, 6.07) is 15.2. The summed E-state index contributed by atoms with van der Waals surface area (Å²) in [6.07, 6.45) is 5.71. The van der Waals surface area contributed by atoms with Crippen LogP contribution < -0.4 is 20.6 Å². The minimum atomic E-state index is -0.280. The van der Waals surface area contributed by atoms with Crippen LogP contribution in [-0.4, -0.2) is 48.6 Å². The molecule has 196 valence electrons. The van der Waals surface area contributed by atoms with Gasteiger partial charge in [-0.1, -0.05) is 23.9 Å². The van der Waals surface area contributed by atoms with Crippen LogP contribution in [0.25, 0.3) is 15.9 Å². The summed E-state index contributed by atoms with van der Waals surface area (Å²) in [6.45, 7) is 0. The number of benzene rings is 2. The Kier molecular flexibility index (Phi) is 7.80. The summed E-state index contributed by atoms with van der Waals surface area (Å²) in [5.41, 5.74) is 6.26. The van der Waals surface area contributed by atoms with E-state index in [0.717, 1.165) is 47.3 Å². The number of nitrogens with one attached hydrogen (secondary N) is 1. The molecule has 1 amide bonds. The standard InChI is InChI=1S/C28H29N5O3S2/c1-32(2)19-10-8-18(9-11-19)16-29-31-24(34)17-37-28-30-26-25(22-6-4-5-7-23(22)38-26)27(35)33(28)20-12-14-21(36-3)15-13-20/h8-16H,4-7,17H2,1-3H3,(H,31,34). The van der Waals surface area contributed by atoms with Crippen LogP contribution in [0.2, 0.25) is 0 Å². The predicted molar refractivity (Wildman–Crippen MR) is 156 cm³/mol. The van der Waals surface area contributed by atoms with Crippen LogP contribution in [0.1, 0.15) is 28.8 Å². The van der Waals surface area contributed by atoms with E-state index in [0.29, 0.717) is 22.0 Å². The van der Waals surface area contributed by atoms with Gasteiger partial charge in [0.2, 0.25) is 0 Å².